The van der Waals surface area contributed by atoms with Crippen LogP contribution in [0.15, 0.2) is 16.5 Å². The van der Waals surface area contributed by atoms with E-state index in [1.165, 1.54) is 34.9 Å². The zero-order chi connectivity index (χ0) is 15.2. The number of fused-ring (bicyclic) bond motifs is 1. The van der Waals surface area contributed by atoms with Crippen molar-refractivity contribution in [1.29, 1.82) is 0 Å². The van der Waals surface area contributed by atoms with Crippen molar-refractivity contribution in [3.05, 3.63) is 34.6 Å². The van der Waals surface area contributed by atoms with Gasteiger partial charge >= 0.3 is 0 Å². The van der Waals surface area contributed by atoms with Gasteiger partial charge in [0.15, 0.2) is 0 Å². The van der Waals surface area contributed by atoms with Gasteiger partial charge in [-0.15, -0.1) is 0 Å². The van der Waals surface area contributed by atoms with E-state index in [4.69, 9.17) is 4.42 Å². The molecule has 2 nitrogen and oxygen atoms in total. The van der Waals surface area contributed by atoms with Crippen LogP contribution in [0.2, 0.25) is 0 Å². The Hall–Kier alpha value is -1.28. The van der Waals surface area contributed by atoms with Crippen molar-refractivity contribution in [2.45, 2.75) is 71.9 Å². The van der Waals surface area contributed by atoms with Crippen molar-refractivity contribution < 1.29 is 4.42 Å². The average Bonchev–Trinajstić information content (AvgIpc) is 3.20. The number of rotatable bonds is 4. The molecule has 1 N–H and O–H groups in total. The molecule has 2 aromatic rings. The maximum absolute atomic E-state index is 6.27. The Bertz CT molecular complexity index is 656. The summed E-state index contributed by atoms with van der Waals surface area (Å²) in [7, 11) is 0. The Balaban J connectivity index is 2.09. The molecule has 21 heavy (non-hydrogen) atoms. The normalized spacial score (nSPS) is 15.9. The number of benzene rings is 1. The highest BCUT2D eigenvalue weighted by Crippen LogP contribution is 2.36. The Kier molecular flexibility index (Phi) is 3.61. The summed E-state index contributed by atoms with van der Waals surface area (Å²) in [5, 5.41) is 4.87. The van der Waals surface area contributed by atoms with E-state index in [9.17, 15) is 0 Å². The predicted octanol–water partition coefficient (Wildman–Crippen LogP) is 4.85. The molecule has 1 heterocycles. The highest BCUT2D eigenvalue weighted by atomic mass is 16.3. The van der Waals surface area contributed by atoms with E-state index in [1.807, 2.05) is 0 Å². The first-order chi connectivity index (χ1) is 9.90. The summed E-state index contributed by atoms with van der Waals surface area (Å²) in [5.74, 6) is 1.11. The molecule has 114 valence electrons. The van der Waals surface area contributed by atoms with E-state index < -0.39 is 0 Å². The van der Waals surface area contributed by atoms with Gasteiger partial charge in [-0.1, -0.05) is 33.8 Å². The molecule has 0 saturated heterocycles. The first kappa shape index (κ1) is 14.6. The molecule has 1 aliphatic carbocycles. The van der Waals surface area contributed by atoms with Crippen LogP contribution in [0, 0.1) is 6.92 Å². The molecule has 1 aromatic heterocycles. The van der Waals surface area contributed by atoms with Gasteiger partial charge in [0.1, 0.15) is 11.3 Å². The van der Waals surface area contributed by atoms with Crippen LogP contribution in [0.1, 0.15) is 63.0 Å². The number of hydrogen-bond donors (Lipinski definition) is 1. The van der Waals surface area contributed by atoms with Crippen LogP contribution in [0.4, 0.5) is 0 Å². The first-order valence-electron chi connectivity index (χ1n) is 8.19. The minimum absolute atomic E-state index is 0.106. The Morgan fingerprint density at radius 2 is 1.95 bits per heavy atom. The summed E-state index contributed by atoms with van der Waals surface area (Å²) in [6, 6.07) is 5.35. The standard InChI is InChI=1S/C19H27NO/c1-6-13-9-15-12(2)17(11-20-14-7-8-14)21-18(15)16(10-13)19(3,4)5/h9-10,14,20H,6-8,11H2,1-5H3. The van der Waals surface area contributed by atoms with Crippen molar-refractivity contribution >= 4 is 11.0 Å². The first-order valence-corrected chi connectivity index (χ1v) is 8.19. The minimum Gasteiger partial charge on any atom is -0.459 e. The summed E-state index contributed by atoms with van der Waals surface area (Å²) in [4.78, 5) is 0. The maximum atomic E-state index is 6.27. The molecular weight excluding hydrogens is 258 g/mol. The van der Waals surface area contributed by atoms with Crippen LogP contribution in [-0.2, 0) is 18.4 Å². The molecule has 0 spiro atoms. The SMILES string of the molecule is CCc1cc(C(C)(C)C)c2oc(CNC3CC3)c(C)c2c1. The lowest BCUT2D eigenvalue weighted by molar-refractivity contribution is 0.496. The fourth-order valence-electron chi connectivity index (χ4n) is 2.88. The van der Waals surface area contributed by atoms with Gasteiger partial charge < -0.3 is 9.73 Å². The summed E-state index contributed by atoms with van der Waals surface area (Å²) in [6.07, 6.45) is 3.69. The zero-order valence-electron chi connectivity index (χ0n) is 14.0. The van der Waals surface area contributed by atoms with Crippen molar-refractivity contribution in [1.82, 2.24) is 5.32 Å². The van der Waals surface area contributed by atoms with E-state index in [-0.39, 0.29) is 5.41 Å². The monoisotopic (exact) mass is 285 g/mol. The van der Waals surface area contributed by atoms with Crippen molar-refractivity contribution in [3.63, 3.8) is 0 Å². The molecule has 0 unspecified atom stereocenters. The summed E-state index contributed by atoms with van der Waals surface area (Å²) in [5.41, 5.74) is 5.23. The van der Waals surface area contributed by atoms with E-state index in [2.05, 4.69) is 52.1 Å². The van der Waals surface area contributed by atoms with Crippen LogP contribution in [-0.4, -0.2) is 6.04 Å². The van der Waals surface area contributed by atoms with Crippen molar-refractivity contribution in [3.8, 4) is 0 Å². The minimum atomic E-state index is 0.106. The quantitative estimate of drug-likeness (QED) is 0.868. The fraction of sp³-hybridized carbons (Fsp3) is 0.579. The Morgan fingerprint density at radius 1 is 1.24 bits per heavy atom. The van der Waals surface area contributed by atoms with Crippen LogP contribution < -0.4 is 5.32 Å². The van der Waals surface area contributed by atoms with E-state index in [1.54, 1.807) is 0 Å². The predicted molar refractivity (Wildman–Crippen MR) is 88.9 cm³/mol. The van der Waals surface area contributed by atoms with Crippen molar-refractivity contribution in [2.75, 3.05) is 0 Å². The fourth-order valence-corrected chi connectivity index (χ4v) is 2.88. The molecule has 0 amide bonds. The van der Waals surface area contributed by atoms with Crippen molar-refractivity contribution in [2.24, 2.45) is 0 Å². The molecule has 1 aliphatic rings. The van der Waals surface area contributed by atoms with Gasteiger partial charge in [-0.25, -0.2) is 0 Å². The molecule has 1 fully saturated rings. The summed E-state index contributed by atoms with van der Waals surface area (Å²) >= 11 is 0. The summed E-state index contributed by atoms with van der Waals surface area (Å²) in [6.45, 7) is 12.1. The second-order valence-electron chi connectivity index (χ2n) is 7.43. The lowest BCUT2D eigenvalue weighted by Gasteiger charge is -2.20. The van der Waals surface area contributed by atoms with Crippen LogP contribution in [0.25, 0.3) is 11.0 Å². The Morgan fingerprint density at radius 3 is 2.52 bits per heavy atom. The van der Waals surface area contributed by atoms with E-state index in [0.717, 1.165) is 24.3 Å². The molecule has 0 bridgehead atoms. The third kappa shape index (κ3) is 2.87. The van der Waals surface area contributed by atoms with Crippen LogP contribution >= 0.6 is 0 Å². The van der Waals surface area contributed by atoms with Gasteiger partial charge in [-0.2, -0.15) is 0 Å². The highest BCUT2D eigenvalue weighted by molar-refractivity contribution is 5.86. The average molecular weight is 285 g/mol. The highest BCUT2D eigenvalue weighted by Gasteiger charge is 2.24. The molecule has 2 heteroatoms. The molecule has 1 aromatic carbocycles. The Labute approximate surface area is 127 Å². The van der Waals surface area contributed by atoms with Gasteiger partial charge in [-0.3, -0.25) is 0 Å². The second kappa shape index (κ2) is 5.17. The van der Waals surface area contributed by atoms with Gasteiger partial charge in [0, 0.05) is 17.0 Å². The number of furan rings is 1. The smallest absolute Gasteiger partial charge is 0.138 e. The largest absolute Gasteiger partial charge is 0.459 e. The van der Waals surface area contributed by atoms with Gasteiger partial charge in [0.25, 0.3) is 0 Å². The van der Waals surface area contributed by atoms with Gasteiger partial charge in [0.2, 0.25) is 0 Å². The zero-order valence-corrected chi connectivity index (χ0v) is 14.0. The number of nitrogens with one attached hydrogen (secondary N) is 1. The van der Waals surface area contributed by atoms with Crippen LogP contribution in [0.5, 0.6) is 0 Å². The van der Waals surface area contributed by atoms with E-state index in [0.29, 0.717) is 6.04 Å². The number of hydrogen-bond acceptors (Lipinski definition) is 2. The number of aryl methyl sites for hydroxylation is 2. The molecule has 3 rings (SSSR count). The van der Waals surface area contributed by atoms with Gasteiger partial charge in [0.05, 0.1) is 6.54 Å². The third-order valence-corrected chi connectivity index (χ3v) is 4.54. The lowest BCUT2D eigenvalue weighted by Crippen LogP contribution is -2.15. The van der Waals surface area contributed by atoms with Crippen LogP contribution in [0.3, 0.4) is 0 Å². The third-order valence-electron chi connectivity index (χ3n) is 4.54. The summed E-state index contributed by atoms with van der Waals surface area (Å²) < 4.78 is 6.27. The molecule has 0 aliphatic heterocycles. The molecule has 1 saturated carbocycles. The van der Waals surface area contributed by atoms with Gasteiger partial charge in [-0.05, 0) is 48.8 Å². The lowest BCUT2D eigenvalue weighted by atomic mass is 9.84. The second-order valence-corrected chi connectivity index (χ2v) is 7.43. The van der Waals surface area contributed by atoms with E-state index >= 15 is 0 Å². The molecule has 0 radical (unpaired) electrons. The topological polar surface area (TPSA) is 25.2 Å². The molecular formula is C19H27NO. The maximum Gasteiger partial charge on any atom is 0.138 e. The molecule has 0 atom stereocenters.